The van der Waals surface area contributed by atoms with Crippen LogP contribution in [0.15, 0.2) is 76.5 Å². The highest BCUT2D eigenvalue weighted by molar-refractivity contribution is 7.85. The van der Waals surface area contributed by atoms with Gasteiger partial charge in [0.25, 0.3) is 11.8 Å². The molecule has 1 fully saturated rings. The zero-order valence-electron chi connectivity index (χ0n) is 16.5. The van der Waals surface area contributed by atoms with Crippen molar-refractivity contribution in [1.29, 1.82) is 0 Å². The summed E-state index contributed by atoms with van der Waals surface area (Å²) in [6.07, 6.45) is 1.97. The van der Waals surface area contributed by atoms with Gasteiger partial charge < -0.3 is 10.2 Å². The van der Waals surface area contributed by atoms with Crippen molar-refractivity contribution < 1.29 is 13.8 Å². The second kappa shape index (κ2) is 7.94. The minimum atomic E-state index is -1.55. The summed E-state index contributed by atoms with van der Waals surface area (Å²) in [7, 11) is -1.55. The Balaban J connectivity index is 1.63. The van der Waals surface area contributed by atoms with E-state index in [2.05, 4.69) is 5.32 Å². The van der Waals surface area contributed by atoms with Gasteiger partial charge in [-0.25, -0.2) is 4.21 Å². The van der Waals surface area contributed by atoms with Crippen LogP contribution in [0.25, 0.3) is 0 Å². The lowest BCUT2D eigenvalue weighted by Crippen LogP contribution is -2.31. The topological polar surface area (TPSA) is 66.5 Å². The minimum Gasteiger partial charge on any atom is -0.349 e. The summed E-state index contributed by atoms with van der Waals surface area (Å²) >= 11 is 6.01. The largest absolute Gasteiger partial charge is 0.349 e. The summed E-state index contributed by atoms with van der Waals surface area (Å²) in [5.74, 6) is -0.436. The van der Waals surface area contributed by atoms with E-state index in [-0.39, 0.29) is 24.4 Å². The van der Waals surface area contributed by atoms with Gasteiger partial charge in [0, 0.05) is 16.6 Å². The third kappa shape index (κ3) is 3.89. The minimum absolute atomic E-state index is 0.184. The van der Waals surface area contributed by atoms with E-state index < -0.39 is 10.8 Å². The van der Waals surface area contributed by atoms with Crippen LogP contribution in [-0.4, -0.2) is 22.1 Å². The SMILES string of the molecule is O=C(NC1CC1)c1ccc2c(c1)N(Cc1ccc(Cl)cc1)C(=O)c1ccccc1[S@@]2=O. The van der Waals surface area contributed by atoms with E-state index in [1.165, 1.54) is 0 Å². The molecule has 5 nitrogen and oxygen atoms in total. The van der Waals surface area contributed by atoms with Crippen LogP contribution in [0.5, 0.6) is 0 Å². The number of halogens is 1. The summed E-state index contributed by atoms with van der Waals surface area (Å²) in [6.45, 7) is 0.266. The second-order valence-electron chi connectivity index (χ2n) is 7.71. The smallest absolute Gasteiger partial charge is 0.259 e. The fraction of sp³-hybridized carbons (Fsp3) is 0.167. The zero-order valence-corrected chi connectivity index (χ0v) is 18.1. The van der Waals surface area contributed by atoms with E-state index in [0.717, 1.165) is 18.4 Å². The van der Waals surface area contributed by atoms with Crippen LogP contribution in [0.2, 0.25) is 5.02 Å². The highest BCUT2D eigenvalue weighted by Gasteiger charge is 2.32. The van der Waals surface area contributed by atoms with Gasteiger partial charge in [0.1, 0.15) is 0 Å². The van der Waals surface area contributed by atoms with Crippen LogP contribution in [-0.2, 0) is 17.3 Å². The fourth-order valence-corrected chi connectivity index (χ4v) is 5.10. The van der Waals surface area contributed by atoms with Crippen molar-refractivity contribution in [2.45, 2.75) is 35.2 Å². The molecule has 7 heteroatoms. The predicted octanol–water partition coefficient (Wildman–Crippen LogP) is 4.56. The third-order valence-electron chi connectivity index (χ3n) is 5.44. The number of nitrogens with zero attached hydrogens (tertiary/aromatic N) is 1. The molecule has 1 saturated carbocycles. The number of carbonyl (C=O) groups excluding carboxylic acids is 2. The normalized spacial score (nSPS) is 17.5. The molecule has 1 heterocycles. The molecule has 0 saturated heterocycles. The molecule has 2 aliphatic rings. The molecule has 1 atom stereocenters. The number of hydrogen-bond donors (Lipinski definition) is 1. The number of benzene rings is 3. The Bertz CT molecular complexity index is 1220. The van der Waals surface area contributed by atoms with Gasteiger partial charge in [-0.1, -0.05) is 35.9 Å². The van der Waals surface area contributed by atoms with Gasteiger partial charge in [-0.3, -0.25) is 9.59 Å². The Labute approximate surface area is 187 Å². The maximum Gasteiger partial charge on any atom is 0.259 e. The van der Waals surface area contributed by atoms with Crippen molar-refractivity contribution >= 4 is 39.9 Å². The molecule has 1 aliphatic carbocycles. The molecule has 0 radical (unpaired) electrons. The maximum absolute atomic E-state index is 13.6. The lowest BCUT2D eigenvalue weighted by Gasteiger charge is -2.23. The number of nitrogens with one attached hydrogen (secondary N) is 1. The average Bonchev–Trinajstić information content (AvgIpc) is 3.61. The van der Waals surface area contributed by atoms with Crippen molar-refractivity contribution in [1.82, 2.24) is 5.32 Å². The van der Waals surface area contributed by atoms with Gasteiger partial charge in [-0.15, -0.1) is 0 Å². The van der Waals surface area contributed by atoms with E-state index in [9.17, 15) is 13.8 Å². The van der Waals surface area contributed by atoms with Crippen molar-refractivity contribution in [3.63, 3.8) is 0 Å². The van der Waals surface area contributed by atoms with Gasteiger partial charge >= 0.3 is 0 Å². The van der Waals surface area contributed by atoms with E-state index in [0.29, 0.717) is 31.6 Å². The Morgan fingerprint density at radius 2 is 1.77 bits per heavy atom. The number of fused-ring (bicyclic) bond motifs is 2. The van der Waals surface area contributed by atoms with Crippen LogP contribution >= 0.6 is 11.6 Å². The summed E-state index contributed by atoms with van der Waals surface area (Å²) < 4.78 is 13.4. The standard InChI is InChI=1S/C24H19ClN2O3S/c25-17-8-5-15(6-9-17)14-27-20-13-16(23(28)26-18-10-11-18)7-12-22(20)31(30)21-4-2-1-3-19(21)24(27)29/h1-9,12-13,18H,10-11,14H2,(H,26,28)/t31-/m0/s1. The molecule has 156 valence electrons. The van der Waals surface area contributed by atoms with E-state index in [4.69, 9.17) is 11.6 Å². The first-order chi connectivity index (χ1) is 15.0. The lowest BCUT2D eigenvalue weighted by atomic mass is 10.1. The molecule has 0 bridgehead atoms. The number of hydrogen-bond acceptors (Lipinski definition) is 3. The molecule has 3 aromatic rings. The Kier molecular flexibility index (Phi) is 5.12. The molecular formula is C24H19ClN2O3S. The average molecular weight is 451 g/mol. The molecule has 1 N–H and O–H groups in total. The molecule has 5 rings (SSSR count). The van der Waals surface area contributed by atoms with Crippen LogP contribution in [0.3, 0.4) is 0 Å². The summed E-state index contributed by atoms with van der Waals surface area (Å²) in [5.41, 5.74) is 2.21. The zero-order chi connectivity index (χ0) is 21.5. The van der Waals surface area contributed by atoms with Crippen LogP contribution in [0.4, 0.5) is 5.69 Å². The number of carbonyl (C=O) groups is 2. The maximum atomic E-state index is 13.6. The molecule has 0 aromatic heterocycles. The van der Waals surface area contributed by atoms with Crippen LogP contribution < -0.4 is 10.2 Å². The van der Waals surface area contributed by atoms with Crippen molar-refractivity contribution in [3.8, 4) is 0 Å². The summed E-state index contributed by atoms with van der Waals surface area (Å²) in [5, 5.41) is 3.58. The Hall–Kier alpha value is -2.96. The Morgan fingerprint density at radius 1 is 1.03 bits per heavy atom. The Morgan fingerprint density at radius 3 is 2.52 bits per heavy atom. The molecular weight excluding hydrogens is 432 g/mol. The first-order valence-corrected chi connectivity index (χ1v) is 11.6. The molecule has 1 aliphatic heterocycles. The summed E-state index contributed by atoms with van der Waals surface area (Å²) in [6, 6.07) is 19.4. The fourth-order valence-electron chi connectivity index (χ4n) is 3.63. The first-order valence-electron chi connectivity index (χ1n) is 10.0. The monoisotopic (exact) mass is 450 g/mol. The third-order valence-corrected chi connectivity index (χ3v) is 7.19. The van der Waals surface area contributed by atoms with Crippen molar-refractivity contribution in [3.05, 3.63) is 88.4 Å². The van der Waals surface area contributed by atoms with Crippen LogP contribution in [0, 0.1) is 0 Å². The molecule has 0 unspecified atom stereocenters. The number of amides is 2. The molecule has 3 aromatic carbocycles. The molecule has 31 heavy (non-hydrogen) atoms. The van der Waals surface area contributed by atoms with E-state index in [1.807, 2.05) is 12.1 Å². The predicted molar refractivity (Wildman–Crippen MR) is 120 cm³/mol. The number of anilines is 1. The van der Waals surface area contributed by atoms with Crippen molar-refractivity contribution in [2.75, 3.05) is 4.90 Å². The van der Waals surface area contributed by atoms with Gasteiger partial charge in [-0.05, 0) is 60.9 Å². The highest BCUT2D eigenvalue weighted by atomic mass is 35.5. The van der Waals surface area contributed by atoms with Crippen LogP contribution in [0.1, 0.15) is 39.1 Å². The first kappa shape index (κ1) is 20.0. The highest BCUT2D eigenvalue weighted by Crippen LogP contribution is 2.36. The van der Waals surface area contributed by atoms with Gasteiger partial charge in [-0.2, -0.15) is 0 Å². The van der Waals surface area contributed by atoms with Gasteiger partial charge in [0.2, 0.25) is 0 Å². The van der Waals surface area contributed by atoms with E-state index >= 15 is 0 Å². The summed E-state index contributed by atoms with van der Waals surface area (Å²) in [4.78, 5) is 28.8. The lowest BCUT2D eigenvalue weighted by molar-refractivity contribution is 0.0947. The van der Waals surface area contributed by atoms with Gasteiger partial charge in [0.15, 0.2) is 0 Å². The molecule has 2 amide bonds. The van der Waals surface area contributed by atoms with Gasteiger partial charge in [0.05, 0.1) is 38.4 Å². The van der Waals surface area contributed by atoms with Crippen molar-refractivity contribution in [2.24, 2.45) is 0 Å². The quantitative estimate of drug-likeness (QED) is 0.633. The van der Waals surface area contributed by atoms with E-state index in [1.54, 1.807) is 59.5 Å². The second-order valence-corrected chi connectivity index (χ2v) is 9.57. The number of rotatable bonds is 4. The molecule has 0 spiro atoms.